The number of thiocarbonyl (C=S) groups is 1. The number of hydrogen-bond acceptors (Lipinski definition) is 2. The van der Waals surface area contributed by atoms with Crippen LogP contribution >= 0.6 is 12.2 Å². The molecule has 0 heterocycles. The Kier molecular flexibility index (Phi) is 3.74. The first-order valence-electron chi connectivity index (χ1n) is 5.79. The van der Waals surface area contributed by atoms with Gasteiger partial charge in [-0.3, -0.25) is 4.79 Å². The SMILES string of the molecule is NC(=S)C(NC(=O)Cc1ccccc1)C1CC1. The van der Waals surface area contributed by atoms with Gasteiger partial charge in [0.1, 0.15) is 0 Å². The molecule has 1 saturated carbocycles. The molecule has 0 aliphatic heterocycles. The van der Waals surface area contributed by atoms with Crippen LogP contribution < -0.4 is 11.1 Å². The number of nitrogens with two attached hydrogens (primary N) is 1. The molecule has 0 aromatic heterocycles. The van der Waals surface area contributed by atoms with Crippen LogP contribution in [0, 0.1) is 5.92 Å². The van der Waals surface area contributed by atoms with Crippen LogP contribution in [0.5, 0.6) is 0 Å². The van der Waals surface area contributed by atoms with Crippen molar-refractivity contribution in [2.45, 2.75) is 25.3 Å². The average molecular weight is 248 g/mol. The van der Waals surface area contributed by atoms with Crippen molar-refractivity contribution < 1.29 is 4.79 Å². The van der Waals surface area contributed by atoms with Gasteiger partial charge in [-0.2, -0.15) is 0 Å². The van der Waals surface area contributed by atoms with Crippen LogP contribution in [0.3, 0.4) is 0 Å². The first-order valence-corrected chi connectivity index (χ1v) is 6.20. The average Bonchev–Trinajstić information content (AvgIpc) is 3.11. The van der Waals surface area contributed by atoms with Crippen molar-refractivity contribution >= 4 is 23.1 Å². The lowest BCUT2D eigenvalue weighted by Crippen LogP contribution is -2.45. The van der Waals surface area contributed by atoms with Crippen LogP contribution in [0.2, 0.25) is 0 Å². The molecular formula is C13H16N2OS. The predicted molar refractivity (Wildman–Crippen MR) is 71.6 cm³/mol. The Morgan fingerprint density at radius 1 is 1.41 bits per heavy atom. The van der Waals surface area contributed by atoms with Crippen molar-refractivity contribution in [2.75, 3.05) is 0 Å². The molecule has 1 unspecified atom stereocenters. The third-order valence-corrected chi connectivity index (χ3v) is 3.18. The summed E-state index contributed by atoms with van der Waals surface area (Å²) in [5.74, 6) is 0.438. The van der Waals surface area contributed by atoms with Crippen molar-refractivity contribution in [3.63, 3.8) is 0 Å². The van der Waals surface area contributed by atoms with Crippen LogP contribution in [0.25, 0.3) is 0 Å². The van der Waals surface area contributed by atoms with E-state index in [1.807, 2.05) is 30.3 Å². The fourth-order valence-electron chi connectivity index (χ4n) is 1.86. The summed E-state index contributed by atoms with van der Waals surface area (Å²) in [5.41, 5.74) is 6.64. The number of hydrogen-bond donors (Lipinski definition) is 2. The minimum Gasteiger partial charge on any atom is -0.392 e. The molecule has 3 N–H and O–H groups in total. The van der Waals surface area contributed by atoms with Gasteiger partial charge in [0.25, 0.3) is 0 Å². The van der Waals surface area contributed by atoms with Crippen LogP contribution in [-0.4, -0.2) is 16.9 Å². The van der Waals surface area contributed by atoms with Crippen LogP contribution in [0.15, 0.2) is 30.3 Å². The standard InChI is InChI=1S/C13H16N2OS/c14-13(17)12(10-6-7-10)15-11(16)8-9-4-2-1-3-5-9/h1-5,10,12H,6-8H2,(H2,14,17)(H,15,16). The van der Waals surface area contributed by atoms with Gasteiger partial charge in [0, 0.05) is 0 Å². The zero-order valence-electron chi connectivity index (χ0n) is 9.56. The fraction of sp³-hybridized carbons (Fsp3) is 0.385. The van der Waals surface area contributed by atoms with E-state index in [1.165, 1.54) is 0 Å². The van der Waals surface area contributed by atoms with Gasteiger partial charge in [-0.25, -0.2) is 0 Å². The van der Waals surface area contributed by atoms with Crippen molar-refractivity contribution in [2.24, 2.45) is 11.7 Å². The summed E-state index contributed by atoms with van der Waals surface area (Å²) in [4.78, 5) is 12.2. The maximum absolute atomic E-state index is 11.8. The number of benzene rings is 1. The molecular weight excluding hydrogens is 232 g/mol. The van der Waals surface area contributed by atoms with Crippen molar-refractivity contribution in [3.05, 3.63) is 35.9 Å². The van der Waals surface area contributed by atoms with Crippen LogP contribution in [0.1, 0.15) is 18.4 Å². The summed E-state index contributed by atoms with van der Waals surface area (Å²) < 4.78 is 0. The van der Waals surface area contributed by atoms with E-state index >= 15 is 0 Å². The Bertz CT molecular complexity index is 415. The molecule has 90 valence electrons. The molecule has 2 rings (SSSR count). The second-order valence-corrected chi connectivity index (χ2v) is 4.92. The number of nitrogens with one attached hydrogen (secondary N) is 1. The molecule has 17 heavy (non-hydrogen) atoms. The zero-order chi connectivity index (χ0) is 12.3. The van der Waals surface area contributed by atoms with E-state index in [4.69, 9.17) is 18.0 Å². The number of amides is 1. The summed E-state index contributed by atoms with van der Waals surface area (Å²) in [6.07, 6.45) is 2.59. The van der Waals surface area contributed by atoms with Gasteiger partial charge in [-0.05, 0) is 24.3 Å². The number of rotatable bonds is 5. The molecule has 3 nitrogen and oxygen atoms in total. The number of carbonyl (C=O) groups excluding carboxylic acids is 1. The third kappa shape index (κ3) is 3.53. The maximum atomic E-state index is 11.8. The molecule has 0 bridgehead atoms. The van der Waals surface area contributed by atoms with Crippen LogP contribution in [-0.2, 0) is 11.2 Å². The third-order valence-electron chi connectivity index (χ3n) is 2.92. The largest absolute Gasteiger partial charge is 0.392 e. The van der Waals surface area contributed by atoms with Gasteiger partial charge in [-0.1, -0.05) is 42.5 Å². The van der Waals surface area contributed by atoms with Crippen LogP contribution in [0.4, 0.5) is 0 Å². The quantitative estimate of drug-likeness (QED) is 0.775. The fourth-order valence-corrected chi connectivity index (χ4v) is 2.11. The van der Waals surface area contributed by atoms with E-state index in [2.05, 4.69) is 5.32 Å². The molecule has 0 saturated heterocycles. The highest BCUT2D eigenvalue weighted by Crippen LogP contribution is 2.32. The first kappa shape index (κ1) is 12.0. The second kappa shape index (κ2) is 5.27. The van der Waals surface area contributed by atoms with E-state index in [0.717, 1.165) is 18.4 Å². The molecule has 1 aromatic rings. The van der Waals surface area contributed by atoms with E-state index in [0.29, 0.717) is 17.3 Å². The van der Waals surface area contributed by atoms with Gasteiger partial charge in [0.15, 0.2) is 0 Å². The van der Waals surface area contributed by atoms with Gasteiger partial charge in [-0.15, -0.1) is 0 Å². The molecule has 0 radical (unpaired) electrons. The van der Waals surface area contributed by atoms with E-state index in [-0.39, 0.29) is 11.9 Å². The Hall–Kier alpha value is -1.42. The lowest BCUT2D eigenvalue weighted by atomic mass is 10.1. The zero-order valence-corrected chi connectivity index (χ0v) is 10.4. The normalized spacial score (nSPS) is 16.2. The predicted octanol–water partition coefficient (Wildman–Crippen LogP) is 1.41. The molecule has 4 heteroatoms. The van der Waals surface area contributed by atoms with Gasteiger partial charge in [0.2, 0.25) is 5.91 Å². The molecule has 1 aromatic carbocycles. The molecule has 1 fully saturated rings. The van der Waals surface area contributed by atoms with Gasteiger partial charge < -0.3 is 11.1 Å². The first-order chi connectivity index (χ1) is 8.16. The molecule has 1 aliphatic rings. The highest BCUT2D eigenvalue weighted by atomic mass is 32.1. The monoisotopic (exact) mass is 248 g/mol. The Morgan fingerprint density at radius 3 is 2.59 bits per heavy atom. The summed E-state index contributed by atoms with van der Waals surface area (Å²) in [5, 5.41) is 2.92. The van der Waals surface area contributed by atoms with Crippen molar-refractivity contribution in [3.8, 4) is 0 Å². The Balaban J connectivity index is 1.90. The van der Waals surface area contributed by atoms with Crippen molar-refractivity contribution in [1.29, 1.82) is 0 Å². The minimum atomic E-state index is -0.124. The molecule has 1 aliphatic carbocycles. The summed E-state index contributed by atoms with van der Waals surface area (Å²) in [6.45, 7) is 0. The summed E-state index contributed by atoms with van der Waals surface area (Å²) in [7, 11) is 0. The molecule has 0 spiro atoms. The highest BCUT2D eigenvalue weighted by Gasteiger charge is 2.33. The van der Waals surface area contributed by atoms with Gasteiger partial charge >= 0.3 is 0 Å². The lowest BCUT2D eigenvalue weighted by Gasteiger charge is -2.16. The Morgan fingerprint density at radius 2 is 2.06 bits per heavy atom. The Labute approximate surface area is 106 Å². The minimum absolute atomic E-state index is 0.0131. The summed E-state index contributed by atoms with van der Waals surface area (Å²) in [6, 6.07) is 9.53. The lowest BCUT2D eigenvalue weighted by molar-refractivity contribution is -0.120. The second-order valence-electron chi connectivity index (χ2n) is 4.45. The van der Waals surface area contributed by atoms with E-state index < -0.39 is 0 Å². The summed E-state index contributed by atoms with van der Waals surface area (Å²) >= 11 is 4.98. The highest BCUT2D eigenvalue weighted by molar-refractivity contribution is 7.80. The molecule has 1 amide bonds. The van der Waals surface area contributed by atoms with Crippen molar-refractivity contribution in [1.82, 2.24) is 5.32 Å². The topological polar surface area (TPSA) is 55.1 Å². The molecule has 1 atom stereocenters. The number of carbonyl (C=O) groups is 1. The van der Waals surface area contributed by atoms with E-state index in [1.54, 1.807) is 0 Å². The van der Waals surface area contributed by atoms with Gasteiger partial charge in [0.05, 0.1) is 17.5 Å². The van der Waals surface area contributed by atoms with E-state index in [9.17, 15) is 4.79 Å². The maximum Gasteiger partial charge on any atom is 0.224 e. The smallest absolute Gasteiger partial charge is 0.224 e.